The average Bonchev–Trinajstić information content (AvgIpc) is 2.73. The maximum Gasteiger partial charge on any atom is 0.181 e. The van der Waals surface area contributed by atoms with E-state index in [4.69, 9.17) is 11.1 Å². The fourth-order valence-corrected chi connectivity index (χ4v) is 6.20. The van der Waals surface area contributed by atoms with E-state index in [1.807, 2.05) is 0 Å². The molecule has 0 aromatic heterocycles. The van der Waals surface area contributed by atoms with Crippen LogP contribution in [0.25, 0.3) is 11.1 Å². The zero-order valence-electron chi connectivity index (χ0n) is 13.5. The number of rotatable bonds is 1. The van der Waals surface area contributed by atoms with Gasteiger partial charge in [0, 0.05) is 0 Å². The summed E-state index contributed by atoms with van der Waals surface area (Å²) in [6.45, 7) is 11.4. The Hall–Kier alpha value is -1.05. The minimum Gasteiger partial charge on any atom is -0.161 e. The fraction of sp³-hybridized carbons (Fsp3) is 0.368. The molecule has 110 valence electrons. The first-order valence-electron chi connectivity index (χ1n) is 7.63. The highest BCUT2D eigenvalue weighted by Crippen LogP contribution is 2.39. The lowest BCUT2D eigenvalue weighted by Gasteiger charge is -2.30. The second-order valence-electron chi connectivity index (χ2n) is 7.57. The highest BCUT2D eigenvalue weighted by molar-refractivity contribution is 7.26. The number of hydrogen-bond donors (Lipinski definition) is 0. The Labute approximate surface area is 133 Å². The second kappa shape index (κ2) is 4.72. The number of benzene rings is 2. The maximum absolute atomic E-state index is 6.94. The van der Waals surface area contributed by atoms with Crippen molar-refractivity contribution in [2.45, 2.75) is 45.7 Å². The summed E-state index contributed by atoms with van der Waals surface area (Å²) in [5.74, 6) is 0. The summed E-state index contributed by atoms with van der Waals surface area (Å²) in [4.78, 5) is 0. The van der Waals surface area contributed by atoms with Gasteiger partial charge in [-0.15, -0.1) is 0 Å². The molecule has 0 radical (unpaired) electrons. The molecule has 0 saturated carbocycles. The average molecular weight is 315 g/mol. The van der Waals surface area contributed by atoms with Crippen molar-refractivity contribution in [1.29, 1.82) is 0 Å². The van der Waals surface area contributed by atoms with E-state index in [1.54, 1.807) is 0 Å². The van der Waals surface area contributed by atoms with Gasteiger partial charge in [0.2, 0.25) is 0 Å². The minimum absolute atomic E-state index is 0.137. The molecule has 1 aliphatic rings. The Morgan fingerprint density at radius 1 is 0.952 bits per heavy atom. The van der Waals surface area contributed by atoms with E-state index in [9.17, 15) is 0 Å². The van der Waals surface area contributed by atoms with E-state index >= 15 is 0 Å². The normalized spacial score (nSPS) is 14.0. The third-order valence-electron chi connectivity index (χ3n) is 4.39. The molecule has 1 aliphatic carbocycles. The highest BCUT2D eigenvalue weighted by atomic mass is 35.6. The molecule has 21 heavy (non-hydrogen) atoms. The van der Waals surface area contributed by atoms with E-state index in [0.29, 0.717) is 0 Å². The van der Waals surface area contributed by atoms with Crippen LogP contribution < -0.4 is 5.19 Å². The van der Waals surface area contributed by atoms with Crippen LogP contribution in [0.5, 0.6) is 0 Å². The predicted octanol–water partition coefficient (Wildman–Crippen LogP) is 5.21. The van der Waals surface area contributed by atoms with Gasteiger partial charge in [-0.3, -0.25) is 0 Å². The molecule has 0 spiro atoms. The van der Waals surface area contributed by atoms with Crippen molar-refractivity contribution in [3.63, 3.8) is 0 Å². The minimum atomic E-state index is -1.91. The van der Waals surface area contributed by atoms with Gasteiger partial charge in [-0.1, -0.05) is 70.3 Å². The summed E-state index contributed by atoms with van der Waals surface area (Å²) in [7, 11) is -1.91. The summed E-state index contributed by atoms with van der Waals surface area (Å²) < 4.78 is 0. The summed E-state index contributed by atoms with van der Waals surface area (Å²) in [6.07, 6.45) is 1.04. The van der Waals surface area contributed by atoms with Gasteiger partial charge in [-0.2, -0.15) is 11.1 Å². The second-order valence-corrected chi connectivity index (χ2v) is 13.9. The Kier molecular flexibility index (Phi) is 3.34. The fourth-order valence-electron chi connectivity index (χ4n) is 3.52. The molecular formula is C19H23ClSi. The van der Waals surface area contributed by atoms with Crippen molar-refractivity contribution in [2.24, 2.45) is 0 Å². The van der Waals surface area contributed by atoms with Crippen LogP contribution in [0, 0.1) is 0 Å². The molecule has 0 bridgehead atoms. The lowest BCUT2D eigenvalue weighted by molar-refractivity contribution is 0.593. The van der Waals surface area contributed by atoms with Crippen molar-refractivity contribution in [3.8, 4) is 11.1 Å². The van der Waals surface area contributed by atoms with Crippen molar-refractivity contribution in [1.82, 2.24) is 0 Å². The molecule has 0 saturated heterocycles. The Bertz CT molecular complexity index is 702. The first-order valence-corrected chi connectivity index (χ1v) is 11.6. The monoisotopic (exact) mass is 314 g/mol. The van der Waals surface area contributed by atoms with E-state index in [2.05, 4.69) is 70.3 Å². The molecule has 0 unspecified atom stereocenters. The van der Waals surface area contributed by atoms with Crippen LogP contribution in [-0.2, 0) is 11.8 Å². The van der Waals surface area contributed by atoms with Crippen molar-refractivity contribution >= 4 is 23.6 Å². The first-order chi connectivity index (χ1) is 9.69. The Morgan fingerprint density at radius 3 is 2.24 bits per heavy atom. The molecule has 0 atom stereocenters. The van der Waals surface area contributed by atoms with Gasteiger partial charge in [0.1, 0.15) is 0 Å². The van der Waals surface area contributed by atoms with Gasteiger partial charge in [-0.05, 0) is 44.8 Å². The molecule has 2 aromatic rings. The van der Waals surface area contributed by atoms with Crippen molar-refractivity contribution < 1.29 is 0 Å². The van der Waals surface area contributed by atoms with Crippen LogP contribution >= 0.6 is 11.1 Å². The molecule has 0 amide bonds. The highest BCUT2D eigenvalue weighted by Gasteiger charge is 2.34. The smallest absolute Gasteiger partial charge is 0.161 e. The number of fused-ring (bicyclic) bond motifs is 3. The summed E-state index contributed by atoms with van der Waals surface area (Å²) in [5, 5.41) is 1.46. The summed E-state index contributed by atoms with van der Waals surface area (Å²) >= 11 is 6.94. The lowest BCUT2D eigenvalue weighted by Crippen LogP contribution is -2.43. The van der Waals surface area contributed by atoms with Crippen molar-refractivity contribution in [2.75, 3.05) is 0 Å². The number of hydrogen-bond acceptors (Lipinski definition) is 0. The predicted molar refractivity (Wildman–Crippen MR) is 96.4 cm³/mol. The van der Waals surface area contributed by atoms with Crippen LogP contribution in [0.4, 0.5) is 0 Å². The molecule has 0 fully saturated rings. The van der Waals surface area contributed by atoms with E-state index in [-0.39, 0.29) is 5.41 Å². The van der Waals surface area contributed by atoms with Gasteiger partial charge in [0.15, 0.2) is 7.38 Å². The molecule has 3 rings (SSSR count). The van der Waals surface area contributed by atoms with E-state index in [0.717, 1.165) is 6.42 Å². The molecule has 0 heterocycles. The van der Waals surface area contributed by atoms with Crippen LogP contribution in [0.3, 0.4) is 0 Å². The molecule has 2 aromatic carbocycles. The van der Waals surface area contributed by atoms with Gasteiger partial charge >= 0.3 is 0 Å². The van der Waals surface area contributed by atoms with Crippen molar-refractivity contribution in [3.05, 3.63) is 53.1 Å². The molecular weight excluding hydrogens is 292 g/mol. The van der Waals surface area contributed by atoms with E-state index in [1.165, 1.54) is 33.0 Å². The molecule has 0 N–H and O–H groups in total. The zero-order valence-corrected chi connectivity index (χ0v) is 15.3. The van der Waals surface area contributed by atoms with Crippen LogP contribution in [0.15, 0.2) is 36.4 Å². The van der Waals surface area contributed by atoms with Crippen LogP contribution in [-0.4, -0.2) is 7.38 Å². The van der Waals surface area contributed by atoms with Gasteiger partial charge in [0.05, 0.1) is 0 Å². The quantitative estimate of drug-likeness (QED) is 0.427. The molecule has 0 nitrogen and oxygen atoms in total. The SMILES string of the molecule is CC(C)(C)c1ccc2c(c1[Si](C)(C)Cl)Cc1ccccc1-2. The Morgan fingerprint density at radius 2 is 1.62 bits per heavy atom. The Balaban J connectivity index is 2.31. The number of halogens is 1. The van der Waals surface area contributed by atoms with Crippen LogP contribution in [0.1, 0.15) is 37.5 Å². The largest absolute Gasteiger partial charge is 0.181 e. The maximum atomic E-state index is 6.94. The molecule has 2 heteroatoms. The zero-order chi connectivity index (χ0) is 15.4. The summed E-state index contributed by atoms with van der Waals surface area (Å²) in [6, 6.07) is 13.4. The first kappa shape index (κ1) is 14.9. The lowest BCUT2D eigenvalue weighted by atomic mass is 9.85. The van der Waals surface area contributed by atoms with E-state index < -0.39 is 7.38 Å². The topological polar surface area (TPSA) is 0 Å². The van der Waals surface area contributed by atoms with Gasteiger partial charge < -0.3 is 0 Å². The third-order valence-corrected chi connectivity index (χ3v) is 6.72. The van der Waals surface area contributed by atoms with Gasteiger partial charge in [-0.25, -0.2) is 0 Å². The standard InChI is InChI=1S/C19H23ClSi/c1-19(2,3)17-11-10-15-14-9-7-6-8-13(14)12-16(15)18(17)21(4,5)20/h6-11H,12H2,1-5H3. The van der Waals surface area contributed by atoms with Crippen LogP contribution in [0.2, 0.25) is 13.1 Å². The summed E-state index contributed by atoms with van der Waals surface area (Å²) in [5.41, 5.74) is 7.28. The van der Waals surface area contributed by atoms with Gasteiger partial charge in [0.25, 0.3) is 0 Å². The molecule has 0 aliphatic heterocycles. The third kappa shape index (κ3) is 2.47.